The first-order valence-electron chi connectivity index (χ1n) is 13.6. The van der Waals surface area contributed by atoms with Gasteiger partial charge in [-0.15, -0.1) is 11.3 Å². The second-order valence-corrected chi connectivity index (χ2v) is 11.5. The molecular formula is C32H27F6NS. The summed E-state index contributed by atoms with van der Waals surface area (Å²) in [6.45, 7) is 2.84. The molecule has 6 aromatic rings. The molecule has 0 radical (unpaired) electrons. The van der Waals surface area contributed by atoms with Crippen LogP contribution < -0.4 is 0 Å². The Hall–Kier alpha value is -3.26. The predicted octanol–water partition coefficient (Wildman–Crippen LogP) is 11.7. The van der Waals surface area contributed by atoms with Crippen LogP contribution in [0.15, 0.2) is 60.7 Å². The summed E-state index contributed by atoms with van der Waals surface area (Å²) in [6.07, 6.45) is -2.30. The Morgan fingerprint density at radius 3 is 1.82 bits per heavy atom. The summed E-state index contributed by atoms with van der Waals surface area (Å²) in [7, 11) is 0. The lowest BCUT2D eigenvalue weighted by atomic mass is 10.0. The fourth-order valence-electron chi connectivity index (χ4n) is 5.87. The Morgan fingerprint density at radius 1 is 0.600 bits per heavy atom. The van der Waals surface area contributed by atoms with Crippen LogP contribution in [0, 0.1) is 0 Å². The molecule has 0 aliphatic rings. The van der Waals surface area contributed by atoms with Crippen molar-refractivity contribution in [2.75, 3.05) is 0 Å². The number of rotatable bonds is 7. The van der Waals surface area contributed by atoms with Gasteiger partial charge in [0, 0.05) is 53.8 Å². The van der Waals surface area contributed by atoms with Gasteiger partial charge in [0.2, 0.25) is 0 Å². The third-order valence-corrected chi connectivity index (χ3v) is 9.06. The van der Waals surface area contributed by atoms with Gasteiger partial charge in [-0.25, -0.2) is 0 Å². The number of benzene rings is 4. The molecule has 0 aliphatic carbocycles. The van der Waals surface area contributed by atoms with Gasteiger partial charge in [0.05, 0.1) is 16.6 Å². The first-order valence-corrected chi connectivity index (χ1v) is 14.4. The smallest absolute Gasteiger partial charge is 0.340 e. The summed E-state index contributed by atoms with van der Waals surface area (Å²) in [5.74, 6) is 0. The van der Waals surface area contributed by atoms with E-state index >= 15 is 0 Å². The maximum atomic E-state index is 13.6. The molecule has 208 valence electrons. The molecule has 0 aliphatic heterocycles. The average Bonchev–Trinajstić information content (AvgIpc) is 3.44. The van der Waals surface area contributed by atoms with E-state index in [-0.39, 0.29) is 0 Å². The molecule has 0 N–H and O–H groups in total. The van der Waals surface area contributed by atoms with E-state index in [4.69, 9.17) is 0 Å². The summed E-state index contributed by atoms with van der Waals surface area (Å²) < 4.78 is 84.9. The zero-order valence-electron chi connectivity index (χ0n) is 21.8. The molecule has 2 heterocycles. The van der Waals surface area contributed by atoms with Gasteiger partial charge in [-0.1, -0.05) is 63.3 Å². The molecule has 0 spiro atoms. The van der Waals surface area contributed by atoms with Gasteiger partial charge >= 0.3 is 12.4 Å². The summed E-state index contributed by atoms with van der Waals surface area (Å²) in [5.41, 5.74) is 0.264. The fraction of sp³-hybridized carbons (Fsp3) is 0.312. The first kappa shape index (κ1) is 26.9. The number of hydrogen-bond acceptors (Lipinski definition) is 1. The van der Waals surface area contributed by atoms with Crippen LogP contribution >= 0.6 is 11.3 Å². The van der Waals surface area contributed by atoms with E-state index in [2.05, 4.69) is 11.5 Å². The van der Waals surface area contributed by atoms with Crippen LogP contribution in [0.3, 0.4) is 0 Å². The molecule has 0 saturated heterocycles. The van der Waals surface area contributed by atoms with Crippen LogP contribution in [-0.2, 0) is 18.9 Å². The Labute approximate surface area is 231 Å². The highest BCUT2D eigenvalue weighted by Crippen LogP contribution is 2.44. The molecule has 40 heavy (non-hydrogen) atoms. The summed E-state index contributed by atoms with van der Waals surface area (Å²) in [6, 6.07) is 15.3. The summed E-state index contributed by atoms with van der Waals surface area (Å²) >= 11 is 1.44. The molecule has 4 aromatic carbocycles. The van der Waals surface area contributed by atoms with E-state index in [1.54, 1.807) is 6.07 Å². The molecule has 1 nitrogen and oxygen atoms in total. The highest BCUT2D eigenvalue weighted by molar-refractivity contribution is 7.26. The molecule has 2 aromatic heterocycles. The maximum absolute atomic E-state index is 13.6. The second-order valence-electron chi connectivity index (χ2n) is 10.5. The Morgan fingerprint density at radius 2 is 1.15 bits per heavy atom. The van der Waals surface area contributed by atoms with Crippen molar-refractivity contribution in [1.29, 1.82) is 0 Å². The number of hydrogen-bond donors (Lipinski definition) is 0. The van der Waals surface area contributed by atoms with Crippen molar-refractivity contribution in [3.05, 3.63) is 71.8 Å². The van der Waals surface area contributed by atoms with Gasteiger partial charge in [-0.3, -0.25) is 0 Å². The highest BCUT2D eigenvalue weighted by Gasteiger charge is 2.32. The molecule has 0 saturated carbocycles. The monoisotopic (exact) mass is 571 g/mol. The topological polar surface area (TPSA) is 4.93 Å². The fourth-order valence-corrected chi connectivity index (χ4v) is 7.09. The second kappa shape index (κ2) is 9.98. The lowest BCUT2D eigenvalue weighted by Gasteiger charge is -2.11. The van der Waals surface area contributed by atoms with E-state index in [0.717, 1.165) is 79.8 Å². The van der Waals surface area contributed by atoms with E-state index in [9.17, 15) is 26.3 Å². The minimum atomic E-state index is -4.45. The van der Waals surface area contributed by atoms with Crippen molar-refractivity contribution in [1.82, 2.24) is 4.57 Å². The number of fused-ring (bicyclic) bond motifs is 9. The van der Waals surface area contributed by atoms with Crippen LogP contribution in [0.1, 0.15) is 56.6 Å². The van der Waals surface area contributed by atoms with E-state index in [0.29, 0.717) is 17.3 Å². The zero-order chi connectivity index (χ0) is 28.2. The summed E-state index contributed by atoms with van der Waals surface area (Å²) in [5, 5.41) is 4.39. The molecule has 8 heteroatoms. The molecule has 0 amide bonds. The third-order valence-electron chi connectivity index (χ3n) is 7.84. The quantitative estimate of drug-likeness (QED) is 0.133. The van der Waals surface area contributed by atoms with Gasteiger partial charge in [0.1, 0.15) is 0 Å². The Kier molecular flexibility index (Phi) is 6.72. The van der Waals surface area contributed by atoms with Crippen molar-refractivity contribution in [3.8, 4) is 0 Å². The largest absolute Gasteiger partial charge is 0.416 e. The minimum absolute atomic E-state index is 0.555. The van der Waals surface area contributed by atoms with E-state index in [1.165, 1.54) is 42.4 Å². The molecule has 6 rings (SSSR count). The van der Waals surface area contributed by atoms with Gasteiger partial charge in [0.25, 0.3) is 0 Å². The van der Waals surface area contributed by atoms with Crippen molar-refractivity contribution < 1.29 is 26.3 Å². The first-order chi connectivity index (χ1) is 19.1. The van der Waals surface area contributed by atoms with Crippen molar-refractivity contribution in [2.24, 2.45) is 0 Å². The van der Waals surface area contributed by atoms with Crippen LogP contribution in [0.4, 0.5) is 26.3 Å². The number of aryl methyl sites for hydroxylation is 1. The summed E-state index contributed by atoms with van der Waals surface area (Å²) in [4.78, 5) is 0. The normalized spacial score (nSPS) is 13.1. The van der Waals surface area contributed by atoms with Crippen LogP contribution in [0.2, 0.25) is 0 Å². The zero-order valence-corrected chi connectivity index (χ0v) is 22.7. The van der Waals surface area contributed by atoms with Gasteiger partial charge in [0.15, 0.2) is 0 Å². The average molecular weight is 572 g/mol. The molecule has 0 bridgehead atoms. The molecule has 0 atom stereocenters. The standard InChI is InChI=1S/C32H27F6NS/c1-2-3-4-5-6-7-16-39-27-14-8-19(31(33,34)35)17-25(27)22-11-12-23-21(29(22)39)10-13-24-26-18-20(32(36,37)38)9-15-28(26)40-30(23)24/h8-15,17-18H,2-7,16H2,1H3. The van der Waals surface area contributed by atoms with Gasteiger partial charge in [-0.2, -0.15) is 26.3 Å². The molecular weight excluding hydrogens is 544 g/mol. The van der Waals surface area contributed by atoms with Crippen molar-refractivity contribution >= 4 is 64.1 Å². The molecule has 0 fully saturated rings. The predicted molar refractivity (Wildman–Crippen MR) is 153 cm³/mol. The lowest BCUT2D eigenvalue weighted by Crippen LogP contribution is -2.04. The minimum Gasteiger partial charge on any atom is -0.340 e. The van der Waals surface area contributed by atoms with Crippen LogP contribution in [-0.4, -0.2) is 4.57 Å². The van der Waals surface area contributed by atoms with Gasteiger partial charge in [-0.05, 0) is 42.8 Å². The lowest BCUT2D eigenvalue weighted by molar-refractivity contribution is -0.138. The Balaban J connectivity index is 1.56. The Bertz CT molecular complexity index is 1870. The number of unbranched alkanes of at least 4 members (excludes halogenated alkanes) is 5. The highest BCUT2D eigenvalue weighted by atomic mass is 32.1. The van der Waals surface area contributed by atoms with Crippen LogP contribution in [0.5, 0.6) is 0 Å². The van der Waals surface area contributed by atoms with Crippen LogP contribution in [0.25, 0.3) is 52.8 Å². The molecule has 0 unspecified atom stereocenters. The number of alkyl halides is 6. The number of aromatic nitrogens is 1. The van der Waals surface area contributed by atoms with Crippen molar-refractivity contribution in [2.45, 2.75) is 64.3 Å². The number of thiophene rings is 1. The maximum Gasteiger partial charge on any atom is 0.416 e. The van der Waals surface area contributed by atoms with Gasteiger partial charge < -0.3 is 4.57 Å². The third kappa shape index (κ3) is 4.60. The number of nitrogens with zero attached hydrogens (tertiary/aromatic N) is 1. The SMILES string of the molecule is CCCCCCCCn1c2ccc(C(F)(F)F)cc2c2ccc3c(ccc4c5cc(C(F)(F)F)ccc5sc43)c21. The number of halogens is 6. The van der Waals surface area contributed by atoms with Crippen molar-refractivity contribution in [3.63, 3.8) is 0 Å². The van der Waals surface area contributed by atoms with E-state index < -0.39 is 23.5 Å². The van der Waals surface area contributed by atoms with E-state index in [1.807, 2.05) is 24.3 Å².